The van der Waals surface area contributed by atoms with Gasteiger partial charge in [0.15, 0.2) is 5.78 Å². The van der Waals surface area contributed by atoms with Crippen LogP contribution in [0.3, 0.4) is 0 Å². The molecule has 0 saturated heterocycles. The molecule has 4 rings (SSSR count). The lowest BCUT2D eigenvalue weighted by atomic mass is 10.0. The Morgan fingerprint density at radius 1 is 0.939 bits per heavy atom. The molecule has 1 aromatic heterocycles. The van der Waals surface area contributed by atoms with Gasteiger partial charge in [-0.25, -0.2) is 4.98 Å². The molecule has 6 heteroatoms. The number of aryl methyl sites for hydroxylation is 1. The summed E-state index contributed by atoms with van der Waals surface area (Å²) in [6.45, 7) is 1.92. The molecule has 0 saturated carbocycles. The van der Waals surface area contributed by atoms with Crippen molar-refractivity contribution in [2.75, 3.05) is 12.4 Å². The van der Waals surface area contributed by atoms with E-state index >= 15 is 0 Å². The smallest absolute Gasteiger partial charge is 0.224 e. The minimum atomic E-state index is -0.206. The molecule has 5 nitrogen and oxygen atoms in total. The number of methoxy groups -OCH3 is 1. The minimum Gasteiger partial charge on any atom is -0.496 e. The Hall–Kier alpha value is -3.77. The zero-order valence-corrected chi connectivity index (χ0v) is 19.3. The van der Waals surface area contributed by atoms with Gasteiger partial charge < -0.3 is 10.1 Å². The van der Waals surface area contributed by atoms with E-state index in [9.17, 15) is 9.59 Å². The third-order valence-corrected chi connectivity index (χ3v) is 6.12. The second kappa shape index (κ2) is 10.2. The Morgan fingerprint density at radius 3 is 2.42 bits per heavy atom. The van der Waals surface area contributed by atoms with Gasteiger partial charge in [0.05, 0.1) is 18.4 Å². The van der Waals surface area contributed by atoms with Gasteiger partial charge in [0.25, 0.3) is 0 Å². The monoisotopic (exact) mass is 456 g/mol. The number of benzene rings is 3. The second-order valence-corrected chi connectivity index (χ2v) is 8.51. The Kier molecular flexibility index (Phi) is 6.95. The van der Waals surface area contributed by atoms with Crippen LogP contribution in [0, 0.1) is 6.92 Å². The molecule has 0 unspecified atom stereocenters. The van der Waals surface area contributed by atoms with Crippen molar-refractivity contribution >= 4 is 28.7 Å². The predicted molar refractivity (Wildman–Crippen MR) is 133 cm³/mol. The van der Waals surface area contributed by atoms with Gasteiger partial charge in [-0.3, -0.25) is 9.59 Å². The third-order valence-electron chi connectivity index (χ3n) is 5.22. The zero-order valence-electron chi connectivity index (χ0n) is 18.5. The van der Waals surface area contributed by atoms with E-state index in [1.54, 1.807) is 23.5 Å². The molecule has 0 atom stereocenters. The summed E-state index contributed by atoms with van der Waals surface area (Å²) < 4.78 is 5.27. The highest BCUT2D eigenvalue weighted by atomic mass is 32.1. The van der Waals surface area contributed by atoms with Crippen molar-refractivity contribution in [2.24, 2.45) is 0 Å². The highest BCUT2D eigenvalue weighted by molar-refractivity contribution is 7.13. The number of rotatable bonds is 8. The number of nitrogens with zero attached hydrogens (tertiary/aromatic N) is 1. The number of thiazole rings is 1. The van der Waals surface area contributed by atoms with E-state index in [4.69, 9.17) is 9.72 Å². The van der Waals surface area contributed by atoms with Crippen LogP contribution in [0.15, 0.2) is 78.2 Å². The molecule has 0 radical (unpaired) electrons. The van der Waals surface area contributed by atoms with Crippen LogP contribution < -0.4 is 10.1 Å². The fourth-order valence-electron chi connectivity index (χ4n) is 3.47. The van der Waals surface area contributed by atoms with Crippen LogP contribution >= 0.6 is 11.3 Å². The fourth-order valence-corrected chi connectivity index (χ4v) is 4.30. The van der Waals surface area contributed by atoms with E-state index in [0.29, 0.717) is 17.0 Å². The first-order valence-corrected chi connectivity index (χ1v) is 11.5. The molecule has 33 heavy (non-hydrogen) atoms. The van der Waals surface area contributed by atoms with E-state index in [0.717, 1.165) is 27.4 Å². The summed E-state index contributed by atoms with van der Waals surface area (Å²) in [5.74, 6) is 0.209. The fraction of sp³-hybridized carbons (Fsp3) is 0.148. The molecule has 1 N–H and O–H groups in total. The van der Waals surface area contributed by atoms with Crippen LogP contribution in [0.5, 0.6) is 5.75 Å². The number of hydrogen-bond acceptors (Lipinski definition) is 5. The van der Waals surface area contributed by atoms with Crippen molar-refractivity contribution in [3.05, 3.63) is 89.3 Å². The number of ether oxygens (including phenoxy) is 1. The highest BCUT2D eigenvalue weighted by Gasteiger charge is 2.14. The number of ketones is 1. The predicted octanol–water partition coefficient (Wildman–Crippen LogP) is 6.40. The summed E-state index contributed by atoms with van der Waals surface area (Å²) >= 11 is 1.60. The van der Waals surface area contributed by atoms with E-state index in [1.165, 1.54) is 7.11 Å². The van der Waals surface area contributed by atoms with Gasteiger partial charge in [0, 0.05) is 35.0 Å². The molecule has 0 aliphatic rings. The number of nitrogens with one attached hydrogen (secondary N) is 1. The van der Waals surface area contributed by atoms with E-state index in [-0.39, 0.29) is 24.5 Å². The third kappa shape index (κ3) is 5.54. The van der Waals surface area contributed by atoms with Gasteiger partial charge in [-0.2, -0.15) is 0 Å². The molecular formula is C27H24N2O3S. The van der Waals surface area contributed by atoms with Gasteiger partial charge >= 0.3 is 0 Å². The van der Waals surface area contributed by atoms with Gasteiger partial charge in [0.1, 0.15) is 10.8 Å². The highest BCUT2D eigenvalue weighted by Crippen LogP contribution is 2.29. The first kappa shape index (κ1) is 22.4. The molecule has 1 heterocycles. The van der Waals surface area contributed by atoms with Crippen molar-refractivity contribution in [1.29, 1.82) is 0 Å². The quantitative estimate of drug-likeness (QED) is 0.312. The van der Waals surface area contributed by atoms with E-state index < -0.39 is 0 Å². The second-order valence-electron chi connectivity index (χ2n) is 7.66. The molecule has 0 aliphatic carbocycles. The number of carbonyl (C=O) groups excluding carboxylic acids is 2. The van der Waals surface area contributed by atoms with Crippen LogP contribution in [-0.2, 0) is 4.79 Å². The number of amides is 1. The van der Waals surface area contributed by atoms with E-state index in [2.05, 4.69) is 5.32 Å². The largest absolute Gasteiger partial charge is 0.496 e. The lowest BCUT2D eigenvalue weighted by Crippen LogP contribution is -2.14. The number of hydrogen-bond donors (Lipinski definition) is 1. The van der Waals surface area contributed by atoms with Crippen LogP contribution in [-0.4, -0.2) is 23.8 Å². The van der Waals surface area contributed by atoms with Crippen molar-refractivity contribution in [3.63, 3.8) is 0 Å². The molecule has 3 aromatic carbocycles. The molecule has 0 aliphatic heterocycles. The summed E-state index contributed by atoms with van der Waals surface area (Å²) in [6.07, 6.45) is 0.217. The number of Topliss-reactive ketones (excluding diaryl/α,β-unsaturated/α-hetero) is 1. The molecule has 1 amide bonds. The maximum absolute atomic E-state index is 12.6. The Bertz CT molecular complexity index is 1260. The summed E-state index contributed by atoms with van der Waals surface area (Å²) in [5.41, 5.74) is 5.13. The maximum atomic E-state index is 12.6. The SMILES string of the molecule is COc1ccc(C)cc1C(=O)CCC(=O)Nc1ccc(-c2csc(-c3ccccc3)n2)cc1. The molecule has 0 spiro atoms. The normalized spacial score (nSPS) is 10.6. The van der Waals surface area contributed by atoms with Crippen LogP contribution in [0.25, 0.3) is 21.8 Å². The van der Waals surface area contributed by atoms with Crippen LogP contribution in [0.1, 0.15) is 28.8 Å². The van der Waals surface area contributed by atoms with Crippen LogP contribution in [0.2, 0.25) is 0 Å². The number of anilines is 1. The van der Waals surface area contributed by atoms with Crippen LogP contribution in [0.4, 0.5) is 5.69 Å². The summed E-state index contributed by atoms with van der Waals surface area (Å²) in [7, 11) is 1.53. The van der Waals surface area contributed by atoms with Crippen molar-refractivity contribution < 1.29 is 14.3 Å². The Morgan fingerprint density at radius 2 is 1.70 bits per heavy atom. The lowest BCUT2D eigenvalue weighted by molar-refractivity contribution is -0.116. The Labute approximate surface area is 197 Å². The average molecular weight is 457 g/mol. The van der Waals surface area contributed by atoms with Gasteiger partial charge in [-0.05, 0) is 31.2 Å². The summed E-state index contributed by atoms with van der Waals surface area (Å²) in [5, 5.41) is 5.86. The van der Waals surface area contributed by atoms with Gasteiger partial charge in [0.2, 0.25) is 5.91 Å². The van der Waals surface area contributed by atoms with Crippen molar-refractivity contribution in [3.8, 4) is 27.6 Å². The summed E-state index contributed by atoms with van der Waals surface area (Å²) in [6, 6.07) is 23.1. The van der Waals surface area contributed by atoms with Crippen molar-refractivity contribution in [1.82, 2.24) is 4.98 Å². The molecule has 166 valence electrons. The van der Waals surface area contributed by atoms with Gasteiger partial charge in [-0.1, -0.05) is 54.1 Å². The first-order valence-electron chi connectivity index (χ1n) is 10.6. The lowest BCUT2D eigenvalue weighted by Gasteiger charge is -2.09. The first-order chi connectivity index (χ1) is 16.0. The van der Waals surface area contributed by atoms with E-state index in [1.807, 2.05) is 73.0 Å². The molecule has 0 bridgehead atoms. The van der Waals surface area contributed by atoms with Gasteiger partial charge in [-0.15, -0.1) is 11.3 Å². The summed E-state index contributed by atoms with van der Waals surface area (Å²) in [4.78, 5) is 29.7. The Balaban J connectivity index is 1.35. The number of aromatic nitrogens is 1. The topological polar surface area (TPSA) is 68.3 Å². The maximum Gasteiger partial charge on any atom is 0.224 e. The number of carbonyl (C=O) groups is 2. The minimum absolute atomic E-state index is 0.101. The average Bonchev–Trinajstić information content (AvgIpc) is 3.34. The molecular weight excluding hydrogens is 432 g/mol. The zero-order chi connectivity index (χ0) is 23.2. The molecule has 4 aromatic rings. The molecule has 0 fully saturated rings. The van der Waals surface area contributed by atoms with Crippen molar-refractivity contribution in [2.45, 2.75) is 19.8 Å². The standard InChI is InChI=1S/C27H24N2O3S/c1-18-8-14-25(32-2)22(16-18)24(30)13-15-26(31)28-21-11-9-19(10-12-21)23-17-33-27(29-23)20-6-4-3-5-7-20/h3-12,14,16-17H,13,15H2,1-2H3,(H,28,31).